The minimum Gasteiger partial charge on any atom is -0.394 e. The van der Waals surface area contributed by atoms with Crippen molar-refractivity contribution < 1.29 is 74.2 Å². The normalized spacial score (nSPS) is 20.3. The number of imidazole rings is 2. The molecule has 0 aromatic carbocycles. The van der Waals surface area contributed by atoms with E-state index in [2.05, 4.69) is 53.9 Å². The monoisotopic (exact) mass is 1150 g/mol. The minimum absolute atomic E-state index is 0. The second-order valence-corrected chi connectivity index (χ2v) is 22.0. The Hall–Kier alpha value is -4.76. The van der Waals surface area contributed by atoms with Crippen molar-refractivity contribution in [2.24, 2.45) is 9.98 Å². The van der Waals surface area contributed by atoms with E-state index in [1.165, 1.54) is 21.8 Å². The van der Waals surface area contributed by atoms with Gasteiger partial charge < -0.3 is 39.0 Å². The molecule has 4 aromatic rings. The number of ketones is 2. The summed E-state index contributed by atoms with van der Waals surface area (Å²) in [4.78, 5) is 51.7. The number of alkyl halides is 6. The minimum atomic E-state index is -4.89. The summed E-state index contributed by atoms with van der Waals surface area (Å²) in [6, 6.07) is 5.54. The zero-order chi connectivity index (χ0) is 54.3. The third kappa shape index (κ3) is 18.2. The molecular weight excluding hydrogens is 1090 g/mol. The van der Waals surface area contributed by atoms with Gasteiger partial charge in [0, 0.05) is 66.7 Å². The number of Topliss-reactive ketones (excluding diaryl/α,β-unsaturated/α-hetero) is 2. The molecule has 76 heavy (non-hydrogen) atoms. The number of rotatable bonds is 20. The van der Waals surface area contributed by atoms with Crippen LogP contribution in [-0.4, -0.2) is 175 Å². The molecule has 2 saturated heterocycles. The van der Waals surface area contributed by atoms with E-state index in [1.807, 2.05) is 26.4 Å². The predicted octanol–water partition coefficient (Wildman–Crippen LogP) is 6.64. The molecule has 0 spiro atoms. The molecule has 8 atom stereocenters. The summed E-state index contributed by atoms with van der Waals surface area (Å²) >= 11 is 0. The molecule has 30 heteroatoms. The van der Waals surface area contributed by atoms with E-state index >= 15 is 0 Å². The van der Waals surface area contributed by atoms with Crippen LogP contribution in [0.3, 0.4) is 0 Å². The highest BCUT2D eigenvalue weighted by Gasteiger charge is 2.43. The van der Waals surface area contributed by atoms with Gasteiger partial charge in [-0.3, -0.25) is 9.59 Å². The van der Waals surface area contributed by atoms with Crippen LogP contribution in [-0.2, 0) is 28.5 Å². The highest BCUT2D eigenvalue weighted by atomic mass is 33.1. The number of aliphatic hydroxyl groups excluding tert-OH is 2. The van der Waals surface area contributed by atoms with Gasteiger partial charge in [0.1, 0.15) is 23.1 Å². The van der Waals surface area contributed by atoms with Crippen molar-refractivity contribution in [3.63, 3.8) is 0 Å². The molecule has 2 aliphatic rings. The summed E-state index contributed by atoms with van der Waals surface area (Å²) in [7, 11) is 13.4. The zero-order valence-electron chi connectivity index (χ0n) is 41.4. The predicted molar refractivity (Wildman–Crippen MR) is 282 cm³/mol. The fourth-order valence-corrected chi connectivity index (χ4v) is 10.0. The van der Waals surface area contributed by atoms with Crippen molar-refractivity contribution in [2.75, 3.05) is 53.9 Å². The smallest absolute Gasteiger partial charge is 0.394 e. The van der Waals surface area contributed by atoms with E-state index in [4.69, 9.17) is 18.9 Å². The third-order valence-corrected chi connectivity index (χ3v) is 14.3. The van der Waals surface area contributed by atoms with E-state index in [0.29, 0.717) is 35.2 Å². The Morgan fingerprint density at radius 1 is 0.737 bits per heavy atom. The van der Waals surface area contributed by atoms with Crippen LogP contribution in [0.15, 0.2) is 35.3 Å². The van der Waals surface area contributed by atoms with E-state index in [0.717, 1.165) is 0 Å². The van der Waals surface area contributed by atoms with Crippen molar-refractivity contribution in [3.05, 3.63) is 25.3 Å². The van der Waals surface area contributed by atoms with Crippen LogP contribution in [0, 0.1) is 23.9 Å². The molecule has 20 nitrogen and oxygen atoms in total. The maximum atomic E-state index is 12.5. The maximum absolute atomic E-state index is 12.5. The average molecular weight is 1160 g/mol. The number of nitrogens with zero attached hydrogens (tertiary/aromatic N) is 12. The second-order valence-electron chi connectivity index (χ2n) is 16.5. The molecule has 6 heterocycles. The van der Waals surface area contributed by atoms with E-state index < -0.39 is 61.4 Å². The highest BCUT2D eigenvalue weighted by molar-refractivity contribution is 8.76. The molecule has 2 unspecified atom stereocenters. The SMILES string of the molecule is C.C.CSS[C@@H](C)OC1C[C@H]([n+]2cn(C#CCCC(=O)C(F)(F)F)c3c(N=CN(C)C)ncnc32)O[C@@H]1CO.CSS[C@H](C)OC1C[C@H]([n+]2cn(C#CCCC(=O)C(F)(F)F)c3c(N=CN(C)C)ncnc32)O[C@@H]1CO. The van der Waals surface area contributed by atoms with Gasteiger partial charge in [-0.15, -0.1) is 0 Å². The van der Waals surface area contributed by atoms with Gasteiger partial charge >= 0.3 is 23.6 Å². The fraction of sp³-hybridized carbons (Fsp3) is 0.609. The van der Waals surface area contributed by atoms with Crippen LogP contribution in [0.25, 0.3) is 22.3 Å². The first kappa shape index (κ1) is 65.5. The van der Waals surface area contributed by atoms with Crippen LogP contribution in [0.5, 0.6) is 0 Å². The van der Waals surface area contributed by atoms with Crippen molar-refractivity contribution >= 4 is 101 Å². The number of fused-ring (bicyclic) bond motifs is 2. The van der Waals surface area contributed by atoms with Crippen LogP contribution < -0.4 is 9.13 Å². The average Bonchev–Trinajstić information content (AvgIpc) is 4.13. The summed E-state index contributed by atoms with van der Waals surface area (Å²) in [6.07, 6.45) is -1.15. The lowest BCUT2D eigenvalue weighted by Crippen LogP contribution is -2.39. The highest BCUT2D eigenvalue weighted by Crippen LogP contribution is 2.35. The Bertz CT molecular complexity index is 2550. The van der Waals surface area contributed by atoms with Crippen molar-refractivity contribution in [1.29, 1.82) is 0 Å². The van der Waals surface area contributed by atoms with Crippen LogP contribution in [0.1, 0.15) is 79.7 Å². The first-order chi connectivity index (χ1) is 35.1. The van der Waals surface area contributed by atoms with Gasteiger partial charge in [0.25, 0.3) is 0 Å². The lowest BCUT2D eigenvalue weighted by molar-refractivity contribution is -0.739. The molecule has 420 valence electrons. The Labute approximate surface area is 453 Å². The van der Waals surface area contributed by atoms with Gasteiger partial charge in [-0.2, -0.15) is 45.4 Å². The number of carbonyl (C=O) groups is 2. The number of carbonyl (C=O) groups excluding carboxylic acids is 2. The second kappa shape index (κ2) is 30.4. The molecule has 4 aromatic heterocycles. The van der Waals surface area contributed by atoms with Crippen LogP contribution in [0.2, 0.25) is 0 Å². The molecule has 0 bridgehead atoms. The summed E-state index contributed by atoms with van der Waals surface area (Å²) in [5, 5.41) is 19.7. The zero-order valence-corrected chi connectivity index (χ0v) is 44.6. The van der Waals surface area contributed by atoms with Gasteiger partial charge in [-0.25, -0.2) is 19.1 Å². The third-order valence-electron chi connectivity index (χ3n) is 10.4. The molecule has 0 amide bonds. The molecule has 0 aliphatic carbocycles. The standard InChI is InChI=1S/2C22H28F3N6O4S2.2CH4/c2*1-14(37-36-4)34-15-9-18(35-16(15)10-32)31-13-30(8-6-5-7-17(33)22(23,24)25)19-20(28-12-29(2)3)26-11-27-21(19)31;;/h2*11-16,18,32H,5,7,9-10H2,1-4H3;2*1H4/q2*+1;;/t14-,15?,16+,18+;14-,15?,16-,18-;;/m01../s1. The number of aromatic nitrogens is 8. The number of halogens is 6. The van der Waals surface area contributed by atoms with Crippen molar-refractivity contribution in [3.8, 4) is 23.9 Å². The first-order valence-electron chi connectivity index (χ1n) is 22.5. The van der Waals surface area contributed by atoms with Crippen molar-refractivity contribution in [2.45, 2.75) is 127 Å². The Morgan fingerprint density at radius 3 is 1.42 bits per heavy atom. The Balaban J connectivity index is 0.000000390. The maximum Gasteiger partial charge on any atom is 0.450 e. The van der Waals surface area contributed by atoms with E-state index in [-0.39, 0.29) is 75.6 Å². The van der Waals surface area contributed by atoms with E-state index in [9.17, 15) is 46.1 Å². The van der Waals surface area contributed by atoms with Crippen LogP contribution >= 0.6 is 43.2 Å². The molecular formula is C46H64F6N12O8S4+2. The van der Waals surface area contributed by atoms with Gasteiger partial charge in [0.2, 0.25) is 46.9 Å². The van der Waals surface area contributed by atoms with Gasteiger partial charge in [0.15, 0.2) is 25.1 Å². The molecule has 2 N–H and O–H groups in total. The number of aliphatic hydroxyl groups is 2. The lowest BCUT2D eigenvalue weighted by Gasteiger charge is -2.20. The summed E-state index contributed by atoms with van der Waals surface area (Å²) < 4.78 is 106. The summed E-state index contributed by atoms with van der Waals surface area (Å²) in [5.41, 5.74) is 1.43. The van der Waals surface area contributed by atoms with E-state index in [1.54, 1.807) is 116 Å². The molecule has 0 radical (unpaired) electrons. The molecule has 2 aliphatic heterocycles. The number of aliphatic imine (C=N–C) groups is 2. The first-order valence-corrected chi connectivity index (χ1v) is 27.7. The van der Waals surface area contributed by atoms with Crippen molar-refractivity contribution in [1.82, 2.24) is 38.9 Å². The van der Waals surface area contributed by atoms with Crippen LogP contribution in [0.4, 0.5) is 38.0 Å². The molecule has 6 rings (SSSR count). The Kier molecular flexibility index (Phi) is 26.2. The quantitative estimate of drug-likeness (QED) is 0.0181. The molecule has 2 fully saturated rings. The van der Waals surface area contributed by atoms with Gasteiger partial charge in [-0.05, 0) is 26.4 Å². The van der Waals surface area contributed by atoms with Gasteiger partial charge in [-0.1, -0.05) is 79.8 Å². The molecule has 0 saturated carbocycles. The lowest BCUT2D eigenvalue weighted by atomic mass is 10.2. The largest absolute Gasteiger partial charge is 0.450 e. The number of hydrogen-bond donors (Lipinski definition) is 2. The van der Waals surface area contributed by atoms with Gasteiger partial charge in [0.05, 0.1) is 50.2 Å². The summed E-state index contributed by atoms with van der Waals surface area (Å²) in [5.74, 6) is 2.13. The fourth-order valence-electron chi connectivity index (χ4n) is 7.21. The summed E-state index contributed by atoms with van der Waals surface area (Å²) in [6.45, 7) is 3.36. The number of ether oxygens (including phenoxy) is 4. The Morgan fingerprint density at radius 2 is 1.11 bits per heavy atom. The topological polar surface area (TPSA) is 212 Å². The number of hydrogen-bond acceptors (Lipinski definition) is 18.